The summed E-state index contributed by atoms with van der Waals surface area (Å²) in [7, 11) is 0. The molecule has 0 radical (unpaired) electrons. The Kier molecular flexibility index (Phi) is 10.6. The van der Waals surface area contributed by atoms with Crippen LogP contribution in [0.5, 0.6) is 0 Å². The van der Waals surface area contributed by atoms with Crippen molar-refractivity contribution in [1.29, 1.82) is 0 Å². The van der Waals surface area contributed by atoms with Crippen LogP contribution in [-0.2, 0) is 4.74 Å². The molecule has 2 aliphatic heterocycles. The van der Waals surface area contributed by atoms with Crippen LogP contribution < -0.4 is 11.1 Å². The van der Waals surface area contributed by atoms with Gasteiger partial charge in [0, 0.05) is 25.2 Å². The van der Waals surface area contributed by atoms with Crippen molar-refractivity contribution in [2.45, 2.75) is 58.5 Å². The Morgan fingerprint density at radius 3 is 2.42 bits per heavy atom. The lowest BCUT2D eigenvalue weighted by Gasteiger charge is -2.34. The second-order valence-corrected chi connectivity index (χ2v) is 7.40. The number of rotatable bonds is 5. The Hall–Kier alpha value is -0.770. The number of guanidine groups is 1. The van der Waals surface area contributed by atoms with Crippen LogP contribution in [0.4, 0.5) is 4.79 Å². The van der Waals surface area contributed by atoms with Crippen LogP contribution in [0, 0.1) is 5.92 Å². The van der Waals surface area contributed by atoms with Crippen molar-refractivity contribution in [2.24, 2.45) is 16.6 Å². The highest BCUT2D eigenvalue weighted by Crippen LogP contribution is 2.18. The van der Waals surface area contributed by atoms with Crippen molar-refractivity contribution in [1.82, 2.24) is 15.1 Å². The fourth-order valence-corrected chi connectivity index (χ4v) is 3.49. The van der Waals surface area contributed by atoms with Crippen molar-refractivity contribution in [3.8, 4) is 0 Å². The molecule has 0 spiro atoms. The van der Waals surface area contributed by atoms with Crippen LogP contribution in [0.2, 0.25) is 0 Å². The minimum atomic E-state index is -0.215. The lowest BCUT2D eigenvalue weighted by atomic mass is 9.98. The predicted octanol–water partition coefficient (Wildman–Crippen LogP) is 2.25. The van der Waals surface area contributed by atoms with E-state index in [2.05, 4.69) is 29.1 Å². The highest BCUT2D eigenvalue weighted by Gasteiger charge is 2.24. The number of likely N-dealkylation sites (tertiary alicyclic amines) is 2. The Morgan fingerprint density at radius 1 is 1.23 bits per heavy atom. The maximum atomic E-state index is 11.7. The largest absolute Gasteiger partial charge is 0.450 e. The van der Waals surface area contributed by atoms with Crippen molar-refractivity contribution in [3.63, 3.8) is 0 Å². The maximum absolute atomic E-state index is 11.7. The number of hydrogen-bond donors (Lipinski definition) is 2. The summed E-state index contributed by atoms with van der Waals surface area (Å²) in [5, 5.41) is 3.31. The summed E-state index contributed by atoms with van der Waals surface area (Å²) in [4.78, 5) is 20.5. The summed E-state index contributed by atoms with van der Waals surface area (Å²) < 4.78 is 5.04. The molecule has 2 rings (SSSR count). The van der Waals surface area contributed by atoms with E-state index >= 15 is 0 Å². The van der Waals surface area contributed by atoms with Crippen LogP contribution in [0.1, 0.15) is 46.5 Å². The molecule has 0 aromatic rings. The molecule has 7 nitrogen and oxygen atoms in total. The topological polar surface area (TPSA) is 83.2 Å². The number of carbonyl (C=O) groups is 1. The van der Waals surface area contributed by atoms with Gasteiger partial charge in [0.2, 0.25) is 0 Å². The van der Waals surface area contributed by atoms with Crippen LogP contribution in [-0.4, -0.2) is 73.3 Å². The molecule has 0 saturated carbocycles. The number of nitrogens with two attached hydrogens (primary N) is 1. The van der Waals surface area contributed by atoms with Gasteiger partial charge in [0.15, 0.2) is 5.96 Å². The first-order valence-electron chi connectivity index (χ1n) is 9.71. The Balaban J connectivity index is 0.00000338. The van der Waals surface area contributed by atoms with Gasteiger partial charge < -0.3 is 20.7 Å². The van der Waals surface area contributed by atoms with Gasteiger partial charge in [0.1, 0.15) is 0 Å². The Morgan fingerprint density at radius 2 is 1.85 bits per heavy atom. The van der Waals surface area contributed by atoms with Crippen LogP contribution >= 0.6 is 24.0 Å². The lowest BCUT2D eigenvalue weighted by molar-refractivity contribution is 0.0963. The molecule has 1 unspecified atom stereocenters. The molecule has 0 aliphatic carbocycles. The standard InChI is InChI=1S/C18H35N5O2.HI/c1-4-25-18(24)23-11-7-16(8-12-23)21-17(19)20-13-15(3)22-9-5-14(2)6-10-22;/h14-16H,4-13H2,1-3H3,(H3,19,20,21);1H. The van der Waals surface area contributed by atoms with Gasteiger partial charge in [0.05, 0.1) is 13.2 Å². The fourth-order valence-electron chi connectivity index (χ4n) is 3.49. The third kappa shape index (κ3) is 7.46. The zero-order valence-corrected chi connectivity index (χ0v) is 18.8. The van der Waals surface area contributed by atoms with E-state index in [1.54, 1.807) is 4.90 Å². The van der Waals surface area contributed by atoms with E-state index in [1.165, 1.54) is 12.8 Å². The molecule has 26 heavy (non-hydrogen) atoms. The lowest BCUT2D eigenvalue weighted by Crippen LogP contribution is -2.49. The molecule has 8 heteroatoms. The van der Waals surface area contributed by atoms with Gasteiger partial charge in [-0.05, 0) is 58.5 Å². The summed E-state index contributed by atoms with van der Waals surface area (Å²) >= 11 is 0. The van der Waals surface area contributed by atoms with E-state index in [-0.39, 0.29) is 36.1 Å². The molecule has 2 fully saturated rings. The molecule has 0 aromatic heterocycles. The number of piperidine rings is 2. The summed E-state index contributed by atoms with van der Waals surface area (Å²) in [5.74, 6) is 1.37. The van der Waals surface area contributed by atoms with E-state index in [1.807, 2.05) is 6.92 Å². The van der Waals surface area contributed by atoms with Crippen molar-refractivity contribution in [3.05, 3.63) is 0 Å². The van der Waals surface area contributed by atoms with Crippen molar-refractivity contribution < 1.29 is 9.53 Å². The van der Waals surface area contributed by atoms with Gasteiger partial charge in [-0.2, -0.15) is 0 Å². The van der Waals surface area contributed by atoms with Gasteiger partial charge in [-0.15, -0.1) is 24.0 Å². The van der Waals surface area contributed by atoms with Gasteiger partial charge in [-0.3, -0.25) is 9.89 Å². The molecule has 3 N–H and O–H groups in total. The van der Waals surface area contributed by atoms with Crippen molar-refractivity contribution in [2.75, 3.05) is 39.3 Å². The van der Waals surface area contributed by atoms with Crippen LogP contribution in [0.3, 0.4) is 0 Å². The van der Waals surface area contributed by atoms with E-state index in [0.717, 1.165) is 38.4 Å². The first-order valence-corrected chi connectivity index (χ1v) is 9.71. The molecule has 2 aliphatic rings. The van der Waals surface area contributed by atoms with E-state index < -0.39 is 0 Å². The number of ether oxygens (including phenoxy) is 1. The molecule has 1 atom stereocenters. The first-order chi connectivity index (χ1) is 12.0. The number of aliphatic imine (C=N–C) groups is 1. The average molecular weight is 481 g/mol. The van der Waals surface area contributed by atoms with Crippen molar-refractivity contribution >= 4 is 36.0 Å². The second kappa shape index (κ2) is 11.8. The van der Waals surface area contributed by atoms with E-state index in [9.17, 15) is 4.79 Å². The molecule has 2 heterocycles. The summed E-state index contributed by atoms with van der Waals surface area (Å²) in [5.41, 5.74) is 6.06. The highest BCUT2D eigenvalue weighted by atomic mass is 127. The van der Waals surface area contributed by atoms with Gasteiger partial charge in [-0.25, -0.2) is 4.79 Å². The molecule has 0 aromatic carbocycles. The maximum Gasteiger partial charge on any atom is 0.409 e. The zero-order valence-electron chi connectivity index (χ0n) is 16.4. The van der Waals surface area contributed by atoms with E-state index in [0.29, 0.717) is 31.7 Å². The first kappa shape index (κ1) is 23.3. The number of nitrogens with one attached hydrogen (secondary N) is 1. The number of hydrogen-bond acceptors (Lipinski definition) is 4. The van der Waals surface area contributed by atoms with E-state index in [4.69, 9.17) is 10.5 Å². The van der Waals surface area contributed by atoms with Gasteiger partial charge in [0.25, 0.3) is 0 Å². The normalized spacial score (nSPS) is 21.8. The SMILES string of the molecule is CCOC(=O)N1CCC(NC(N)=NCC(C)N2CCC(C)CC2)CC1.I. The minimum Gasteiger partial charge on any atom is -0.450 e. The molecule has 1 amide bonds. The second-order valence-electron chi connectivity index (χ2n) is 7.40. The molecular weight excluding hydrogens is 445 g/mol. The highest BCUT2D eigenvalue weighted by molar-refractivity contribution is 14.0. The molecule has 2 saturated heterocycles. The fraction of sp³-hybridized carbons (Fsp3) is 0.889. The van der Waals surface area contributed by atoms with Gasteiger partial charge in [-0.1, -0.05) is 6.92 Å². The Labute approximate surface area is 175 Å². The third-order valence-corrected chi connectivity index (χ3v) is 5.34. The quantitative estimate of drug-likeness (QED) is 0.358. The number of carbonyl (C=O) groups excluding carboxylic acids is 1. The van der Waals surface area contributed by atoms with Crippen LogP contribution in [0.15, 0.2) is 4.99 Å². The molecular formula is C18H36IN5O2. The van der Waals surface area contributed by atoms with Gasteiger partial charge >= 0.3 is 6.09 Å². The van der Waals surface area contributed by atoms with Crippen LogP contribution in [0.25, 0.3) is 0 Å². The summed E-state index contributed by atoms with van der Waals surface area (Å²) in [6.45, 7) is 11.3. The smallest absolute Gasteiger partial charge is 0.409 e. The predicted molar refractivity (Wildman–Crippen MR) is 116 cm³/mol. The Bertz CT molecular complexity index is 447. The molecule has 0 bridgehead atoms. The summed E-state index contributed by atoms with van der Waals surface area (Å²) in [6.07, 6.45) is 4.08. The third-order valence-electron chi connectivity index (χ3n) is 5.34. The number of amides is 1. The zero-order chi connectivity index (χ0) is 18.2. The minimum absolute atomic E-state index is 0. The number of halogens is 1. The summed E-state index contributed by atoms with van der Waals surface area (Å²) in [6, 6.07) is 0.707. The monoisotopic (exact) mass is 481 g/mol. The number of nitrogens with zero attached hydrogens (tertiary/aromatic N) is 3. The molecule has 152 valence electrons. The average Bonchev–Trinajstić information content (AvgIpc) is 2.61.